The zero-order valence-corrected chi connectivity index (χ0v) is 6.80. The molecule has 6 heteroatoms. The topological polar surface area (TPSA) is 104 Å². The number of hydrogen-bond acceptors (Lipinski definition) is 5. The van der Waals surface area contributed by atoms with Crippen LogP contribution in [0.5, 0.6) is 0 Å². The Balaban J connectivity index is 3.38. The Morgan fingerprint density at radius 3 is 2.50 bits per heavy atom. The number of nitriles is 2. The molecule has 0 saturated carbocycles. The Labute approximate surface area is 78.4 Å². The van der Waals surface area contributed by atoms with E-state index in [0.717, 1.165) is 0 Å². The number of nitrogens with zero attached hydrogens (tertiary/aromatic N) is 3. The Morgan fingerprint density at radius 1 is 1.50 bits per heavy atom. The van der Waals surface area contributed by atoms with E-state index in [1.54, 1.807) is 0 Å². The third-order valence-electron chi connectivity index (χ3n) is 1.40. The number of rotatable bonds is 2. The zero-order chi connectivity index (χ0) is 10.6. The Kier molecular flexibility index (Phi) is 2.63. The lowest BCUT2D eigenvalue weighted by molar-refractivity contribution is -0.377. The maximum Gasteiger partial charge on any atom is 0.339 e. The fourth-order valence-corrected chi connectivity index (χ4v) is 0.849. The van der Waals surface area contributed by atoms with Crippen molar-refractivity contribution in [3.05, 3.63) is 39.8 Å². The molecule has 0 radical (unpaired) electrons. The number of hydrogen-bond donors (Lipinski definition) is 0. The Bertz CT molecular complexity index is 443. The standard InChI is InChI=1S/C8H3N3O3/c9-4-6(5-10)8(11(12)13)7-2-1-3-14-7/h1-3H. The third kappa shape index (κ3) is 1.59. The molecule has 0 spiro atoms. The van der Waals surface area contributed by atoms with E-state index >= 15 is 0 Å². The van der Waals surface area contributed by atoms with E-state index in [-0.39, 0.29) is 5.76 Å². The molecule has 0 N–H and O–H groups in total. The van der Waals surface area contributed by atoms with Gasteiger partial charge in [0.1, 0.15) is 12.1 Å². The highest BCUT2D eigenvalue weighted by Gasteiger charge is 2.23. The maximum atomic E-state index is 10.5. The van der Waals surface area contributed by atoms with Gasteiger partial charge in [-0.3, -0.25) is 10.1 Å². The molecule has 0 aliphatic carbocycles. The lowest BCUT2D eigenvalue weighted by atomic mass is 10.2. The summed E-state index contributed by atoms with van der Waals surface area (Å²) < 4.78 is 4.74. The molecular formula is C8H3N3O3. The van der Waals surface area contributed by atoms with Crippen LogP contribution in [0.2, 0.25) is 0 Å². The van der Waals surface area contributed by atoms with Gasteiger partial charge in [-0.1, -0.05) is 0 Å². The molecule has 0 fully saturated rings. The summed E-state index contributed by atoms with van der Waals surface area (Å²) in [5.74, 6) is -0.104. The first-order valence-corrected chi connectivity index (χ1v) is 3.43. The van der Waals surface area contributed by atoms with E-state index in [0.29, 0.717) is 0 Å². The highest BCUT2D eigenvalue weighted by atomic mass is 16.6. The van der Waals surface area contributed by atoms with Gasteiger partial charge in [0.25, 0.3) is 0 Å². The van der Waals surface area contributed by atoms with Crippen LogP contribution >= 0.6 is 0 Å². The normalized spacial score (nSPS) is 8.43. The first kappa shape index (κ1) is 9.49. The molecule has 1 heterocycles. The fraction of sp³-hybridized carbons (Fsp3) is 0. The second-order valence-corrected chi connectivity index (χ2v) is 2.18. The minimum Gasteiger partial charge on any atom is -0.458 e. The van der Waals surface area contributed by atoms with Gasteiger partial charge in [0.15, 0.2) is 0 Å². The second-order valence-electron chi connectivity index (χ2n) is 2.18. The van der Waals surface area contributed by atoms with E-state index in [4.69, 9.17) is 14.9 Å². The molecule has 1 rings (SSSR count). The van der Waals surface area contributed by atoms with E-state index in [2.05, 4.69) is 0 Å². The molecule has 1 aromatic rings. The van der Waals surface area contributed by atoms with Gasteiger partial charge < -0.3 is 4.42 Å². The van der Waals surface area contributed by atoms with Gasteiger partial charge in [-0.05, 0) is 12.1 Å². The Hall–Kier alpha value is -2.60. The van der Waals surface area contributed by atoms with Gasteiger partial charge in [0, 0.05) is 0 Å². The summed E-state index contributed by atoms with van der Waals surface area (Å²) in [4.78, 5) is 9.72. The van der Waals surface area contributed by atoms with Crippen molar-refractivity contribution in [1.29, 1.82) is 10.5 Å². The highest BCUT2D eigenvalue weighted by Crippen LogP contribution is 2.19. The molecule has 0 aliphatic heterocycles. The van der Waals surface area contributed by atoms with Crippen LogP contribution in [0.3, 0.4) is 0 Å². The van der Waals surface area contributed by atoms with Crippen molar-refractivity contribution in [1.82, 2.24) is 0 Å². The van der Waals surface area contributed by atoms with Crippen molar-refractivity contribution in [2.75, 3.05) is 0 Å². The summed E-state index contributed by atoms with van der Waals surface area (Å²) in [5, 5.41) is 27.5. The molecular weight excluding hydrogens is 186 g/mol. The summed E-state index contributed by atoms with van der Waals surface area (Å²) in [6.07, 6.45) is 1.23. The van der Waals surface area contributed by atoms with Crippen molar-refractivity contribution in [2.45, 2.75) is 0 Å². The minimum absolute atomic E-state index is 0.104. The summed E-state index contributed by atoms with van der Waals surface area (Å²) >= 11 is 0. The van der Waals surface area contributed by atoms with Crippen LogP contribution in [-0.4, -0.2) is 4.92 Å². The van der Waals surface area contributed by atoms with E-state index < -0.39 is 16.2 Å². The van der Waals surface area contributed by atoms with E-state index in [9.17, 15) is 10.1 Å². The SMILES string of the molecule is N#CC(C#N)=C(c1ccco1)[N+](=O)[O-]. The van der Waals surface area contributed by atoms with Crippen molar-refractivity contribution < 1.29 is 9.34 Å². The van der Waals surface area contributed by atoms with Gasteiger partial charge in [0.2, 0.25) is 11.3 Å². The van der Waals surface area contributed by atoms with Crippen molar-refractivity contribution in [3.63, 3.8) is 0 Å². The van der Waals surface area contributed by atoms with Crippen LogP contribution in [0, 0.1) is 32.8 Å². The monoisotopic (exact) mass is 189 g/mol. The average Bonchev–Trinajstić information content (AvgIpc) is 2.65. The predicted octanol–water partition coefficient (Wildman–Crippen LogP) is 1.31. The Morgan fingerprint density at radius 2 is 2.14 bits per heavy atom. The van der Waals surface area contributed by atoms with E-state index in [1.807, 2.05) is 0 Å². The highest BCUT2D eigenvalue weighted by molar-refractivity contribution is 5.66. The summed E-state index contributed by atoms with van der Waals surface area (Å²) in [7, 11) is 0. The molecule has 0 saturated heterocycles. The molecule has 68 valence electrons. The van der Waals surface area contributed by atoms with Crippen LogP contribution in [0.15, 0.2) is 28.4 Å². The first-order chi connectivity index (χ1) is 6.70. The average molecular weight is 189 g/mol. The molecule has 0 amide bonds. The van der Waals surface area contributed by atoms with Crippen LogP contribution in [0.4, 0.5) is 0 Å². The van der Waals surface area contributed by atoms with E-state index in [1.165, 1.54) is 30.5 Å². The summed E-state index contributed by atoms with van der Waals surface area (Å²) in [5.41, 5.74) is -1.19. The molecule has 0 bridgehead atoms. The second kappa shape index (κ2) is 3.87. The smallest absolute Gasteiger partial charge is 0.339 e. The summed E-state index contributed by atoms with van der Waals surface area (Å²) in [6, 6.07) is 5.62. The molecule has 1 aromatic heterocycles. The number of nitro groups is 1. The molecule has 0 atom stereocenters. The quantitative estimate of drug-likeness (QED) is 0.396. The third-order valence-corrected chi connectivity index (χ3v) is 1.40. The molecule has 0 aromatic carbocycles. The van der Waals surface area contributed by atoms with Crippen LogP contribution in [0.25, 0.3) is 5.70 Å². The maximum absolute atomic E-state index is 10.5. The fourth-order valence-electron chi connectivity index (χ4n) is 0.849. The lowest BCUT2D eigenvalue weighted by Gasteiger charge is -1.92. The minimum atomic E-state index is -0.819. The van der Waals surface area contributed by atoms with Crippen LogP contribution < -0.4 is 0 Å². The van der Waals surface area contributed by atoms with Gasteiger partial charge in [-0.25, -0.2) is 0 Å². The van der Waals surface area contributed by atoms with Crippen molar-refractivity contribution >= 4 is 5.70 Å². The molecule has 14 heavy (non-hydrogen) atoms. The largest absolute Gasteiger partial charge is 0.458 e. The van der Waals surface area contributed by atoms with Gasteiger partial charge >= 0.3 is 5.70 Å². The molecule has 6 nitrogen and oxygen atoms in total. The van der Waals surface area contributed by atoms with Gasteiger partial charge in [0.05, 0.1) is 11.2 Å². The van der Waals surface area contributed by atoms with Crippen molar-refractivity contribution in [2.24, 2.45) is 0 Å². The lowest BCUT2D eigenvalue weighted by Crippen LogP contribution is -1.99. The molecule has 0 aliphatic rings. The number of allylic oxidation sites excluding steroid dienone is 1. The number of furan rings is 1. The van der Waals surface area contributed by atoms with Gasteiger partial charge in [-0.2, -0.15) is 10.5 Å². The van der Waals surface area contributed by atoms with Gasteiger partial charge in [-0.15, -0.1) is 0 Å². The molecule has 0 unspecified atom stereocenters. The zero-order valence-electron chi connectivity index (χ0n) is 6.80. The summed E-state index contributed by atoms with van der Waals surface area (Å²) in [6.45, 7) is 0. The van der Waals surface area contributed by atoms with Crippen molar-refractivity contribution in [3.8, 4) is 12.1 Å². The first-order valence-electron chi connectivity index (χ1n) is 3.43. The predicted molar refractivity (Wildman–Crippen MR) is 43.8 cm³/mol. The van der Waals surface area contributed by atoms with Crippen LogP contribution in [0.1, 0.15) is 5.76 Å². The van der Waals surface area contributed by atoms with Crippen LogP contribution in [-0.2, 0) is 0 Å².